The van der Waals surface area contributed by atoms with Crippen molar-refractivity contribution in [2.75, 3.05) is 13.6 Å². The number of hydrogen-bond donors (Lipinski definition) is 0. The molecule has 1 saturated heterocycles. The van der Waals surface area contributed by atoms with Gasteiger partial charge in [-0.05, 0) is 84.5 Å². The average molecular weight is 551 g/mol. The molecule has 0 radical (unpaired) electrons. The van der Waals surface area contributed by atoms with Crippen molar-refractivity contribution in [3.63, 3.8) is 0 Å². The summed E-state index contributed by atoms with van der Waals surface area (Å²) in [6, 6.07) is 9.63. The first-order chi connectivity index (χ1) is 18.5. The van der Waals surface area contributed by atoms with Crippen molar-refractivity contribution in [3.8, 4) is 0 Å². The first-order valence-electron chi connectivity index (χ1n) is 15.7. The molecule has 0 aromatic heterocycles. The summed E-state index contributed by atoms with van der Waals surface area (Å²) in [5.74, 6) is 4.15. The second kappa shape index (κ2) is 11.4. The molecule has 1 aliphatic heterocycles. The van der Waals surface area contributed by atoms with Crippen LogP contribution >= 0.6 is 11.6 Å². The van der Waals surface area contributed by atoms with Gasteiger partial charge in [0.25, 0.3) is 0 Å². The maximum atomic E-state index is 13.1. The normalized spacial score (nSPS) is 37.1. The van der Waals surface area contributed by atoms with Crippen LogP contribution in [0.4, 0.5) is 0 Å². The van der Waals surface area contributed by atoms with E-state index in [9.17, 15) is 4.79 Å². The van der Waals surface area contributed by atoms with Crippen molar-refractivity contribution in [2.45, 2.75) is 97.7 Å². The van der Waals surface area contributed by atoms with Gasteiger partial charge in [-0.15, -0.1) is 0 Å². The minimum Gasteiger partial charge on any atom is -0.341 e. The largest absolute Gasteiger partial charge is 0.341 e. The number of nitrogens with zero attached hydrogens (tertiary/aromatic N) is 2. The van der Waals surface area contributed by atoms with Crippen LogP contribution in [0.5, 0.6) is 0 Å². The van der Waals surface area contributed by atoms with E-state index in [1.54, 1.807) is 0 Å². The fourth-order valence-electron chi connectivity index (χ4n) is 8.71. The van der Waals surface area contributed by atoms with Crippen LogP contribution in [0.2, 0.25) is 5.02 Å². The van der Waals surface area contributed by atoms with E-state index in [2.05, 4.69) is 88.9 Å². The number of fused-ring (bicyclic) bond motifs is 1. The number of benzene rings is 1. The highest BCUT2D eigenvalue weighted by Crippen LogP contribution is 2.51. The molecule has 2 saturated carbocycles. The molecule has 214 valence electrons. The molecule has 4 aliphatic rings. The van der Waals surface area contributed by atoms with E-state index >= 15 is 0 Å². The Labute approximate surface area is 243 Å². The lowest BCUT2D eigenvalue weighted by atomic mass is 9.66. The fraction of sp³-hybridized carbons (Fsp3) is 0.686. The molecule has 39 heavy (non-hydrogen) atoms. The van der Waals surface area contributed by atoms with E-state index in [-0.39, 0.29) is 17.4 Å². The number of halogens is 1. The minimum absolute atomic E-state index is 0.116. The van der Waals surface area contributed by atoms with Crippen LogP contribution < -0.4 is 0 Å². The van der Waals surface area contributed by atoms with E-state index in [1.165, 1.54) is 49.7 Å². The molecule has 3 aliphatic carbocycles. The third-order valence-corrected chi connectivity index (χ3v) is 11.1. The van der Waals surface area contributed by atoms with Gasteiger partial charge in [-0.25, -0.2) is 0 Å². The second-order valence-corrected chi connectivity index (χ2v) is 14.7. The third-order valence-electron chi connectivity index (χ3n) is 10.8. The van der Waals surface area contributed by atoms with Crippen molar-refractivity contribution < 1.29 is 4.79 Å². The number of likely N-dealkylation sites (tertiary alicyclic amines) is 1. The quantitative estimate of drug-likeness (QED) is 0.332. The Morgan fingerprint density at radius 1 is 0.897 bits per heavy atom. The highest BCUT2D eigenvalue weighted by molar-refractivity contribution is 6.30. The smallest absolute Gasteiger partial charge is 0.233 e. The van der Waals surface area contributed by atoms with E-state index in [0.29, 0.717) is 35.8 Å². The van der Waals surface area contributed by atoms with Crippen molar-refractivity contribution >= 4 is 17.5 Å². The van der Waals surface area contributed by atoms with Gasteiger partial charge < -0.3 is 4.90 Å². The lowest BCUT2D eigenvalue weighted by molar-refractivity contribution is -0.128. The van der Waals surface area contributed by atoms with Crippen LogP contribution in [0, 0.1) is 41.4 Å². The Morgan fingerprint density at radius 3 is 1.95 bits per heavy atom. The van der Waals surface area contributed by atoms with Gasteiger partial charge in [0.05, 0.1) is 11.5 Å². The summed E-state index contributed by atoms with van der Waals surface area (Å²) in [6.07, 6.45) is 14.9. The summed E-state index contributed by atoms with van der Waals surface area (Å²) in [5, 5.41) is 0.777. The highest BCUT2D eigenvalue weighted by Gasteiger charge is 2.52. The summed E-state index contributed by atoms with van der Waals surface area (Å²) >= 11 is 6.47. The van der Waals surface area contributed by atoms with Gasteiger partial charge in [0, 0.05) is 30.7 Å². The third kappa shape index (κ3) is 5.40. The molecule has 8 atom stereocenters. The molecule has 0 N–H and O–H groups in total. The van der Waals surface area contributed by atoms with E-state index < -0.39 is 0 Å². The van der Waals surface area contributed by atoms with Crippen molar-refractivity contribution in [3.05, 3.63) is 58.7 Å². The molecular formula is C35H51ClN2O. The number of rotatable bonds is 6. The first kappa shape index (κ1) is 28.9. The Balaban J connectivity index is 1.75. The lowest BCUT2D eigenvalue weighted by Crippen LogP contribution is -2.62. The number of carbonyl (C=O) groups is 1. The average Bonchev–Trinajstić information content (AvgIpc) is 3.16. The van der Waals surface area contributed by atoms with Gasteiger partial charge in [-0.3, -0.25) is 9.69 Å². The maximum Gasteiger partial charge on any atom is 0.233 e. The van der Waals surface area contributed by atoms with Crippen molar-refractivity contribution in [1.82, 2.24) is 9.80 Å². The first-order valence-corrected chi connectivity index (χ1v) is 16.1. The summed E-state index contributed by atoms with van der Waals surface area (Å²) in [7, 11) is 1.95. The van der Waals surface area contributed by atoms with Crippen LogP contribution in [0.1, 0.15) is 85.6 Å². The van der Waals surface area contributed by atoms with E-state index in [0.717, 1.165) is 23.4 Å². The van der Waals surface area contributed by atoms with Gasteiger partial charge in [-0.1, -0.05) is 96.3 Å². The molecule has 5 rings (SSSR count). The second-order valence-electron chi connectivity index (χ2n) is 14.3. The molecular weight excluding hydrogens is 500 g/mol. The molecule has 1 heterocycles. The zero-order chi connectivity index (χ0) is 28.1. The molecule has 4 heteroatoms. The van der Waals surface area contributed by atoms with Gasteiger partial charge in [0.15, 0.2) is 0 Å². The zero-order valence-electron chi connectivity index (χ0n) is 25.4. The predicted octanol–water partition coefficient (Wildman–Crippen LogP) is 8.34. The summed E-state index contributed by atoms with van der Waals surface area (Å²) in [6.45, 7) is 15.4. The standard InChI is InChI=1S/C35H51ClN2O/c1-22(2)29-14-8-24(5)18-32(29)38(33-19-25(6)9-15-30(33)23(3)4)35(27-10-12-28(36)13-11-27)17-16-31-26(20-35)21-37(7)34(31)39/h10-13,16-17,20,22-25,29-33H,8-9,14-15,18-19,21H2,1-7H3. The van der Waals surface area contributed by atoms with Crippen LogP contribution in [0.25, 0.3) is 0 Å². The molecule has 0 spiro atoms. The zero-order valence-corrected chi connectivity index (χ0v) is 26.1. The molecule has 8 unspecified atom stereocenters. The van der Waals surface area contributed by atoms with Crippen molar-refractivity contribution in [2.24, 2.45) is 41.4 Å². The van der Waals surface area contributed by atoms with Gasteiger partial charge >= 0.3 is 0 Å². The molecule has 0 bridgehead atoms. The van der Waals surface area contributed by atoms with E-state index in [1.807, 2.05) is 11.9 Å². The molecule has 3 fully saturated rings. The Kier molecular flexibility index (Phi) is 8.43. The fourth-order valence-corrected chi connectivity index (χ4v) is 8.83. The van der Waals surface area contributed by atoms with Crippen LogP contribution in [0.15, 0.2) is 48.1 Å². The molecule has 1 aromatic carbocycles. The lowest BCUT2D eigenvalue weighted by Gasteiger charge is -2.58. The Bertz CT molecular complexity index is 1060. The number of likely N-dealkylation sites (N-methyl/N-ethyl adjacent to an activating group) is 1. The van der Waals surface area contributed by atoms with Gasteiger partial charge in [-0.2, -0.15) is 0 Å². The minimum atomic E-state index is -0.383. The van der Waals surface area contributed by atoms with E-state index in [4.69, 9.17) is 11.6 Å². The summed E-state index contributed by atoms with van der Waals surface area (Å²) < 4.78 is 0. The predicted molar refractivity (Wildman–Crippen MR) is 164 cm³/mol. The SMILES string of the molecule is CC1CCC(C(C)C)C(N(C2CC(C)CCC2C(C)C)C2(c3ccc(Cl)cc3)C=CC3C(=O)N(C)CC3=C2)C1. The summed E-state index contributed by atoms with van der Waals surface area (Å²) in [5.41, 5.74) is 2.17. The van der Waals surface area contributed by atoms with Crippen molar-refractivity contribution in [1.29, 1.82) is 0 Å². The number of hydrogen-bond acceptors (Lipinski definition) is 2. The molecule has 3 nitrogen and oxygen atoms in total. The monoisotopic (exact) mass is 550 g/mol. The molecule has 1 amide bonds. The maximum absolute atomic E-state index is 13.1. The van der Waals surface area contributed by atoms with Gasteiger partial charge in [0.2, 0.25) is 5.91 Å². The van der Waals surface area contributed by atoms with Crippen LogP contribution in [-0.2, 0) is 10.3 Å². The van der Waals surface area contributed by atoms with Gasteiger partial charge in [0.1, 0.15) is 0 Å². The Hall–Kier alpha value is -1.58. The molecule has 1 aromatic rings. The Morgan fingerprint density at radius 2 is 1.44 bits per heavy atom. The summed E-state index contributed by atoms with van der Waals surface area (Å²) in [4.78, 5) is 18.0. The highest BCUT2D eigenvalue weighted by atomic mass is 35.5. The van der Waals surface area contributed by atoms with Crippen LogP contribution in [-0.4, -0.2) is 41.4 Å². The number of amides is 1. The number of carbonyl (C=O) groups excluding carboxylic acids is 1. The van der Waals surface area contributed by atoms with Crippen LogP contribution in [0.3, 0.4) is 0 Å². The topological polar surface area (TPSA) is 23.6 Å².